The average Bonchev–Trinajstić information content (AvgIpc) is 2.85. The van der Waals surface area contributed by atoms with Gasteiger partial charge in [0.1, 0.15) is 0 Å². The fourth-order valence-electron chi connectivity index (χ4n) is 6.27. The van der Waals surface area contributed by atoms with Crippen LogP contribution in [0.3, 0.4) is 0 Å². The molecule has 0 saturated heterocycles. The van der Waals surface area contributed by atoms with Crippen LogP contribution in [0.4, 0.5) is 10.5 Å². The smallest absolute Gasteiger partial charge is 0.319 e. The largest absolute Gasteiger partial charge is 0.322 e. The van der Waals surface area contributed by atoms with Gasteiger partial charge in [0.15, 0.2) is 0 Å². The molecule has 0 atom stereocenters. The Morgan fingerprint density at radius 3 is 1.85 bits per heavy atom. The zero-order chi connectivity index (χ0) is 24.1. The molecule has 3 heteroatoms. The quantitative estimate of drug-likeness (QED) is 0.459. The fraction of sp³-hybridized carbons (Fsp3) is 0.581. The molecule has 0 aromatic heterocycles. The monoisotopic (exact) mass is 460 g/mol. The van der Waals surface area contributed by atoms with Crippen molar-refractivity contribution in [2.24, 2.45) is 0 Å². The van der Waals surface area contributed by atoms with Crippen molar-refractivity contribution in [2.45, 2.75) is 115 Å². The summed E-state index contributed by atoms with van der Waals surface area (Å²) in [7, 11) is 0. The third kappa shape index (κ3) is 5.67. The first kappa shape index (κ1) is 24.8. The summed E-state index contributed by atoms with van der Waals surface area (Å²) in [4.78, 5) is 16.3. The Hall–Kier alpha value is -2.29. The third-order valence-corrected chi connectivity index (χ3v) is 8.17. The maximum atomic E-state index is 14.0. The minimum Gasteiger partial charge on any atom is -0.319 e. The molecule has 0 unspecified atom stereocenters. The van der Waals surface area contributed by atoms with Crippen LogP contribution in [0.15, 0.2) is 48.5 Å². The summed E-state index contributed by atoms with van der Waals surface area (Å²) in [6.07, 6.45) is 10.6. The van der Waals surface area contributed by atoms with E-state index in [1.165, 1.54) is 48.8 Å². The van der Waals surface area contributed by atoms with Gasteiger partial charge in [-0.3, -0.25) is 0 Å². The molecule has 2 saturated carbocycles. The van der Waals surface area contributed by atoms with E-state index in [1.54, 1.807) is 0 Å². The SMILES string of the molecule is CC(C)c1cccc(C(C)C)c1NC(=O)N(C1CCCCC1)C1CCC(c2ccccc2)CC1. The number of amides is 2. The number of nitrogens with zero attached hydrogens (tertiary/aromatic N) is 1. The van der Waals surface area contributed by atoms with Gasteiger partial charge >= 0.3 is 6.03 Å². The molecule has 1 N–H and O–H groups in total. The molecule has 2 aromatic carbocycles. The number of para-hydroxylation sites is 1. The van der Waals surface area contributed by atoms with Gasteiger partial charge in [0.2, 0.25) is 0 Å². The van der Waals surface area contributed by atoms with Gasteiger partial charge in [0.25, 0.3) is 0 Å². The van der Waals surface area contributed by atoms with Crippen LogP contribution >= 0.6 is 0 Å². The van der Waals surface area contributed by atoms with E-state index in [0.717, 1.165) is 31.4 Å². The van der Waals surface area contributed by atoms with Crippen molar-refractivity contribution in [2.75, 3.05) is 5.32 Å². The highest BCUT2D eigenvalue weighted by atomic mass is 16.2. The summed E-state index contributed by atoms with van der Waals surface area (Å²) in [5.74, 6) is 1.37. The highest BCUT2D eigenvalue weighted by Crippen LogP contribution is 2.38. The van der Waals surface area contributed by atoms with E-state index in [-0.39, 0.29) is 6.03 Å². The predicted molar refractivity (Wildman–Crippen MR) is 144 cm³/mol. The summed E-state index contributed by atoms with van der Waals surface area (Å²) in [6, 6.07) is 18.3. The standard InChI is InChI=1S/C31H44N2O/c1-22(2)28-16-11-17-29(23(3)4)30(28)32-31(34)33(26-14-9-6-10-15-26)27-20-18-25(19-21-27)24-12-7-5-8-13-24/h5,7-8,11-13,16-17,22-23,25-27H,6,9-10,14-15,18-21H2,1-4H3,(H,32,34). The lowest BCUT2D eigenvalue weighted by Gasteiger charge is -2.43. The van der Waals surface area contributed by atoms with Crippen LogP contribution in [0.1, 0.15) is 120 Å². The lowest BCUT2D eigenvalue weighted by molar-refractivity contribution is 0.110. The molecular formula is C31H44N2O. The molecule has 0 spiro atoms. The van der Waals surface area contributed by atoms with Crippen LogP contribution in [0, 0.1) is 0 Å². The first-order valence-corrected chi connectivity index (χ1v) is 13.7. The van der Waals surface area contributed by atoms with Gasteiger partial charge in [-0.25, -0.2) is 4.79 Å². The number of benzene rings is 2. The number of carbonyl (C=O) groups is 1. The predicted octanol–water partition coefficient (Wildman–Crippen LogP) is 8.83. The van der Waals surface area contributed by atoms with Gasteiger partial charge in [0.05, 0.1) is 0 Å². The molecule has 34 heavy (non-hydrogen) atoms. The highest BCUT2D eigenvalue weighted by molar-refractivity contribution is 5.92. The molecule has 0 bridgehead atoms. The van der Waals surface area contributed by atoms with Crippen molar-refractivity contribution >= 4 is 11.7 Å². The van der Waals surface area contributed by atoms with E-state index in [1.807, 2.05) is 0 Å². The van der Waals surface area contributed by atoms with Crippen molar-refractivity contribution in [1.29, 1.82) is 0 Å². The normalized spacial score (nSPS) is 21.6. The number of rotatable bonds is 6. The number of urea groups is 1. The summed E-state index contributed by atoms with van der Waals surface area (Å²) in [6.45, 7) is 8.88. The van der Waals surface area contributed by atoms with Gasteiger partial charge in [-0.05, 0) is 73.0 Å². The Morgan fingerprint density at radius 2 is 1.29 bits per heavy atom. The molecule has 3 nitrogen and oxygen atoms in total. The van der Waals surface area contributed by atoms with E-state index in [4.69, 9.17) is 0 Å². The maximum Gasteiger partial charge on any atom is 0.322 e. The van der Waals surface area contributed by atoms with Crippen molar-refractivity contribution in [3.05, 3.63) is 65.2 Å². The molecule has 2 aliphatic carbocycles. The lowest BCUT2D eigenvalue weighted by atomic mass is 9.80. The van der Waals surface area contributed by atoms with Crippen molar-refractivity contribution in [3.63, 3.8) is 0 Å². The fourth-order valence-corrected chi connectivity index (χ4v) is 6.27. The number of hydrogen-bond acceptors (Lipinski definition) is 1. The van der Waals surface area contributed by atoms with Crippen molar-refractivity contribution in [1.82, 2.24) is 4.90 Å². The maximum absolute atomic E-state index is 14.0. The van der Waals surface area contributed by atoms with Crippen LogP contribution < -0.4 is 5.32 Å². The molecule has 184 valence electrons. The Kier molecular flexibility index (Phi) is 8.34. The van der Waals surface area contributed by atoms with Crippen LogP contribution in [0.25, 0.3) is 0 Å². The molecule has 2 aromatic rings. The van der Waals surface area contributed by atoms with Gasteiger partial charge < -0.3 is 10.2 Å². The van der Waals surface area contributed by atoms with E-state index < -0.39 is 0 Å². The molecular weight excluding hydrogens is 416 g/mol. The summed E-state index contributed by atoms with van der Waals surface area (Å²) in [5, 5.41) is 3.47. The first-order valence-electron chi connectivity index (χ1n) is 13.7. The molecule has 2 amide bonds. The molecule has 2 fully saturated rings. The average molecular weight is 461 g/mol. The summed E-state index contributed by atoms with van der Waals surface area (Å²) >= 11 is 0. The van der Waals surface area contributed by atoms with Gasteiger partial charge in [0, 0.05) is 17.8 Å². The molecule has 2 aliphatic rings. The lowest BCUT2D eigenvalue weighted by Crippen LogP contribution is -2.51. The number of hydrogen-bond donors (Lipinski definition) is 1. The van der Waals surface area contributed by atoms with Crippen LogP contribution in [0.5, 0.6) is 0 Å². The van der Waals surface area contributed by atoms with Crippen LogP contribution in [-0.4, -0.2) is 23.0 Å². The van der Waals surface area contributed by atoms with Gasteiger partial charge in [-0.15, -0.1) is 0 Å². The van der Waals surface area contributed by atoms with E-state index in [0.29, 0.717) is 29.8 Å². The number of anilines is 1. The summed E-state index contributed by atoms with van der Waals surface area (Å²) in [5.41, 5.74) is 5.00. The van der Waals surface area contributed by atoms with E-state index in [9.17, 15) is 4.79 Å². The second-order valence-electron chi connectivity index (χ2n) is 11.2. The minimum atomic E-state index is 0.130. The Bertz CT molecular complexity index is 895. The minimum absolute atomic E-state index is 0.130. The number of carbonyl (C=O) groups excluding carboxylic acids is 1. The zero-order valence-electron chi connectivity index (χ0n) is 21.7. The molecule has 0 heterocycles. The Labute approximate surface area is 207 Å². The van der Waals surface area contributed by atoms with E-state index >= 15 is 0 Å². The Morgan fingerprint density at radius 1 is 0.735 bits per heavy atom. The van der Waals surface area contributed by atoms with E-state index in [2.05, 4.69) is 86.4 Å². The first-order chi connectivity index (χ1) is 16.5. The summed E-state index contributed by atoms with van der Waals surface area (Å²) < 4.78 is 0. The van der Waals surface area contributed by atoms with Gasteiger partial charge in [-0.1, -0.05) is 95.5 Å². The van der Waals surface area contributed by atoms with Crippen LogP contribution in [-0.2, 0) is 0 Å². The van der Waals surface area contributed by atoms with Gasteiger partial charge in [-0.2, -0.15) is 0 Å². The van der Waals surface area contributed by atoms with Crippen LogP contribution in [0.2, 0.25) is 0 Å². The second kappa shape index (κ2) is 11.4. The molecule has 0 aliphatic heterocycles. The second-order valence-corrected chi connectivity index (χ2v) is 11.2. The number of nitrogens with one attached hydrogen (secondary N) is 1. The molecule has 0 radical (unpaired) electrons. The zero-order valence-corrected chi connectivity index (χ0v) is 21.7. The van der Waals surface area contributed by atoms with Crippen molar-refractivity contribution < 1.29 is 4.79 Å². The molecule has 4 rings (SSSR count). The third-order valence-electron chi connectivity index (χ3n) is 8.17. The van der Waals surface area contributed by atoms with Crippen molar-refractivity contribution in [3.8, 4) is 0 Å². The Balaban J connectivity index is 1.56. The topological polar surface area (TPSA) is 32.3 Å². The highest BCUT2D eigenvalue weighted by Gasteiger charge is 2.35.